The summed E-state index contributed by atoms with van der Waals surface area (Å²) >= 11 is 7.08. The molecule has 1 atom stereocenters. The molecule has 1 aromatic heterocycles. The number of rotatable bonds is 14. The van der Waals surface area contributed by atoms with Gasteiger partial charge in [0, 0.05) is 38.8 Å². The van der Waals surface area contributed by atoms with E-state index in [1.807, 2.05) is 0 Å². The van der Waals surface area contributed by atoms with Crippen molar-refractivity contribution in [2.45, 2.75) is 21.6 Å². The number of phenolic OH excluding ortho intramolecular Hbond substituents is 1. The van der Waals surface area contributed by atoms with E-state index in [2.05, 4.69) is 35.8 Å². The number of fused-ring (bicyclic) bond motifs is 1. The minimum Gasteiger partial charge on any atom is -0.505 e. The Balaban J connectivity index is 1.46. The summed E-state index contributed by atoms with van der Waals surface area (Å²) < 4.78 is 82.9. The second-order valence-corrected chi connectivity index (χ2v) is 15.9. The second-order valence-electron chi connectivity index (χ2n) is 10.4. The zero-order valence-corrected chi connectivity index (χ0v) is 30.2. The second kappa shape index (κ2) is 15.9. The van der Waals surface area contributed by atoms with E-state index in [4.69, 9.17) is 20.8 Å². The van der Waals surface area contributed by atoms with Crippen LogP contribution in [-0.2, 0) is 40.3 Å². The van der Waals surface area contributed by atoms with Crippen LogP contribution in [0.1, 0.15) is 5.56 Å². The van der Waals surface area contributed by atoms with Crippen LogP contribution in [0.25, 0.3) is 10.8 Å². The number of aryl methyl sites for hydroxylation is 1. The van der Waals surface area contributed by atoms with Crippen LogP contribution in [0.3, 0.4) is 0 Å². The molecular weight excluding hydrogens is 770 g/mol. The molecule has 0 saturated heterocycles. The Morgan fingerprint density at radius 2 is 1.59 bits per heavy atom. The summed E-state index contributed by atoms with van der Waals surface area (Å²) in [4.78, 5) is 16.9. The Bertz CT molecular complexity index is 2380. The first-order valence-corrected chi connectivity index (χ1v) is 19.9. The monoisotopic (exact) mass is 795 g/mol. The molecule has 0 saturated carbocycles. The van der Waals surface area contributed by atoms with Gasteiger partial charge in [-0.05, 0) is 90.1 Å². The molecule has 0 aliphatic carbocycles. The summed E-state index contributed by atoms with van der Waals surface area (Å²) in [7, 11) is -10.2. The normalized spacial score (nSPS) is 12.7. The number of azo groups is 1. The van der Waals surface area contributed by atoms with E-state index in [0.29, 0.717) is 21.9 Å². The number of hydrogen-bond donors (Lipinski definition) is 5. The topological polar surface area (TPSA) is 252 Å². The molecule has 0 bridgehead atoms. The number of anilines is 4. The molecule has 0 amide bonds. The zero-order valence-electron chi connectivity index (χ0n) is 26.2. The summed E-state index contributed by atoms with van der Waals surface area (Å²) in [5, 5.41) is 25.3. The lowest BCUT2D eigenvalue weighted by Crippen LogP contribution is -2.06. The van der Waals surface area contributed by atoms with Crippen molar-refractivity contribution in [3.8, 4) is 5.75 Å². The van der Waals surface area contributed by atoms with Gasteiger partial charge in [0.25, 0.3) is 20.2 Å². The maximum Gasteiger partial charge on any atom is 0.294 e. The smallest absolute Gasteiger partial charge is 0.294 e. The highest BCUT2D eigenvalue weighted by molar-refractivity contribution is 7.94. The lowest BCUT2D eigenvalue weighted by atomic mass is 10.0. The number of aromatic hydroxyl groups is 1. The highest BCUT2D eigenvalue weighted by Gasteiger charge is 2.21. The van der Waals surface area contributed by atoms with Crippen LogP contribution >= 0.6 is 23.6 Å². The fourth-order valence-electron chi connectivity index (χ4n) is 4.37. The molecule has 1 unspecified atom stereocenters. The van der Waals surface area contributed by atoms with Crippen molar-refractivity contribution >= 4 is 100 Å². The summed E-state index contributed by atoms with van der Waals surface area (Å²) in [6.45, 7) is 1.79. The molecule has 22 heteroatoms. The number of aromatic nitrogens is 3. The van der Waals surface area contributed by atoms with Crippen LogP contribution in [0.15, 0.2) is 91.6 Å². The van der Waals surface area contributed by atoms with E-state index < -0.39 is 46.6 Å². The molecule has 0 fully saturated rings. The fourth-order valence-corrected chi connectivity index (χ4v) is 6.34. The lowest BCUT2D eigenvalue weighted by molar-refractivity contribution is -0.184. The van der Waals surface area contributed by atoms with E-state index in [-0.39, 0.29) is 51.6 Å². The standard InChI is InChI=1S/C29H26ClN7O10S4/c1-16-12-17-13-22(51(43,44)45)15-23(32-29-34-27(30)33-28(35-29)31-19-4-3-5-21(14-19)50(40,41)42)24(17)26(38)25(16)37-36-18-6-8-20(9-7-18)48-47-46-10-11-49(2)39/h3-9,12-15,38H,10-11H2,1-2H3,(H,40,41,42)(H,43,44,45)(H2,31,32,33,34,35). The van der Waals surface area contributed by atoms with Crippen LogP contribution in [0.2, 0.25) is 5.28 Å². The Labute approximate surface area is 302 Å². The number of halogens is 1. The molecular formula is C29H26ClN7O10S4. The number of phenols is 1. The molecule has 17 nitrogen and oxygen atoms in total. The zero-order chi connectivity index (χ0) is 36.9. The average Bonchev–Trinajstić information content (AvgIpc) is 3.03. The summed E-state index contributed by atoms with van der Waals surface area (Å²) in [6, 6.07) is 15.5. The maximum atomic E-state index is 12.2. The third kappa shape index (κ3) is 10.1. The largest absolute Gasteiger partial charge is 0.505 e. The summed E-state index contributed by atoms with van der Waals surface area (Å²) in [5.74, 6) is -0.478. The number of nitrogens with zero attached hydrogens (tertiary/aromatic N) is 5. The first kappa shape index (κ1) is 37.9. The van der Waals surface area contributed by atoms with Crippen molar-refractivity contribution < 1.29 is 44.5 Å². The van der Waals surface area contributed by atoms with E-state index >= 15 is 0 Å². The predicted molar refractivity (Wildman–Crippen MR) is 190 cm³/mol. The van der Waals surface area contributed by atoms with Gasteiger partial charge in [-0.15, -0.1) is 5.11 Å². The predicted octanol–water partition coefficient (Wildman–Crippen LogP) is 6.42. The molecule has 0 aliphatic rings. The SMILES string of the molecule is Cc1cc2cc(S(=O)(=O)O)cc(Nc3nc(Cl)nc(Nc4cccc(S(=O)(=O)O)c4)n3)c2c(O)c1N=Nc1ccc(SOOCCS(C)=O)cc1. The average molecular weight is 796 g/mol. The third-order valence-electron chi connectivity index (χ3n) is 6.62. The fraction of sp³-hybridized carbons (Fsp3) is 0.138. The van der Waals surface area contributed by atoms with Crippen LogP contribution in [-0.4, -0.2) is 68.8 Å². The molecule has 0 aliphatic heterocycles. The number of hydrogen-bond acceptors (Lipinski definition) is 16. The quantitative estimate of drug-likeness (QED) is 0.0203. The minimum atomic E-state index is -4.74. The van der Waals surface area contributed by atoms with Crippen LogP contribution < -0.4 is 10.6 Å². The molecule has 0 radical (unpaired) electrons. The van der Waals surface area contributed by atoms with Crippen molar-refractivity contribution in [1.82, 2.24) is 15.0 Å². The molecule has 5 N–H and O–H groups in total. The van der Waals surface area contributed by atoms with E-state index in [1.54, 1.807) is 37.4 Å². The van der Waals surface area contributed by atoms with Gasteiger partial charge in [-0.2, -0.15) is 41.2 Å². The van der Waals surface area contributed by atoms with Crippen molar-refractivity contribution in [1.29, 1.82) is 0 Å². The lowest BCUT2D eigenvalue weighted by Gasteiger charge is -2.15. The van der Waals surface area contributed by atoms with Crippen molar-refractivity contribution in [3.05, 3.63) is 77.6 Å². The van der Waals surface area contributed by atoms with Gasteiger partial charge in [-0.1, -0.05) is 6.07 Å². The van der Waals surface area contributed by atoms with Gasteiger partial charge in [-0.25, -0.2) is 4.89 Å². The molecule has 0 spiro atoms. The van der Waals surface area contributed by atoms with Crippen LogP contribution in [0.5, 0.6) is 5.75 Å². The van der Waals surface area contributed by atoms with Gasteiger partial charge in [0.05, 0.1) is 39.8 Å². The molecule has 4 aromatic carbocycles. The Kier molecular flexibility index (Phi) is 11.8. The van der Waals surface area contributed by atoms with Gasteiger partial charge in [-0.3, -0.25) is 13.3 Å². The van der Waals surface area contributed by atoms with Gasteiger partial charge in [0.15, 0.2) is 5.75 Å². The Morgan fingerprint density at radius 1 is 0.902 bits per heavy atom. The highest BCUT2D eigenvalue weighted by atomic mass is 35.5. The minimum absolute atomic E-state index is 0.0448. The molecule has 1 heterocycles. The summed E-state index contributed by atoms with van der Waals surface area (Å²) in [6.07, 6.45) is 1.56. The van der Waals surface area contributed by atoms with E-state index in [0.717, 1.165) is 30.2 Å². The van der Waals surface area contributed by atoms with Crippen molar-refractivity contribution in [2.24, 2.45) is 10.2 Å². The van der Waals surface area contributed by atoms with Crippen molar-refractivity contribution in [2.75, 3.05) is 29.2 Å². The highest BCUT2D eigenvalue weighted by Crippen LogP contribution is 2.44. The number of benzene rings is 4. The molecule has 51 heavy (non-hydrogen) atoms. The van der Waals surface area contributed by atoms with Gasteiger partial charge in [0.2, 0.25) is 17.2 Å². The summed E-state index contributed by atoms with van der Waals surface area (Å²) in [5.41, 5.74) is 0.961. The Morgan fingerprint density at radius 3 is 2.25 bits per heavy atom. The molecule has 268 valence electrons. The van der Waals surface area contributed by atoms with Gasteiger partial charge < -0.3 is 15.7 Å². The van der Waals surface area contributed by atoms with Crippen LogP contribution in [0.4, 0.5) is 34.6 Å². The third-order valence-corrected chi connectivity index (χ3v) is 9.84. The number of nitrogens with one attached hydrogen (secondary N) is 2. The van der Waals surface area contributed by atoms with Gasteiger partial charge >= 0.3 is 0 Å². The van der Waals surface area contributed by atoms with E-state index in [9.17, 15) is 35.3 Å². The van der Waals surface area contributed by atoms with E-state index in [1.165, 1.54) is 24.3 Å². The van der Waals surface area contributed by atoms with Gasteiger partial charge in [0.1, 0.15) is 5.69 Å². The van der Waals surface area contributed by atoms with Crippen molar-refractivity contribution in [3.63, 3.8) is 0 Å². The first-order chi connectivity index (χ1) is 24.1. The molecule has 5 rings (SSSR count). The molecule has 5 aromatic rings. The first-order valence-electron chi connectivity index (χ1n) is 14.2. The van der Waals surface area contributed by atoms with Crippen LogP contribution in [0, 0.1) is 6.92 Å². The maximum absolute atomic E-state index is 12.2. The Hall–Kier alpha value is -4.32.